The van der Waals surface area contributed by atoms with Crippen LogP contribution >= 0.6 is 0 Å². The molecule has 364 valence electrons. The maximum atomic E-state index is 13.0. The van der Waals surface area contributed by atoms with Crippen molar-refractivity contribution in [2.75, 3.05) is 13.2 Å². The van der Waals surface area contributed by atoms with Gasteiger partial charge in [-0.15, -0.1) is 0 Å². The number of ether oxygens (including phenoxy) is 2. The van der Waals surface area contributed by atoms with E-state index in [1.165, 1.54) is 96.3 Å². The molecule has 9 nitrogen and oxygen atoms in total. The third-order valence-electron chi connectivity index (χ3n) is 11.7. The van der Waals surface area contributed by atoms with Crippen LogP contribution in [0.15, 0.2) is 72.9 Å². The van der Waals surface area contributed by atoms with E-state index in [1.807, 2.05) is 6.08 Å². The molecule has 0 radical (unpaired) electrons. The van der Waals surface area contributed by atoms with Crippen molar-refractivity contribution in [3.63, 3.8) is 0 Å². The number of hydrogen-bond donors (Lipinski definition) is 6. The first-order chi connectivity index (χ1) is 30.8. The molecule has 9 heteroatoms. The zero-order chi connectivity index (χ0) is 45.9. The molecule has 1 fully saturated rings. The van der Waals surface area contributed by atoms with Crippen LogP contribution in [0.2, 0.25) is 0 Å². The van der Waals surface area contributed by atoms with Gasteiger partial charge in [0.1, 0.15) is 24.4 Å². The number of nitrogens with one attached hydrogen (secondary N) is 1. The van der Waals surface area contributed by atoms with Crippen LogP contribution in [0.3, 0.4) is 0 Å². The normalized spacial score (nSPS) is 20.8. The second kappa shape index (κ2) is 43.5. The van der Waals surface area contributed by atoms with E-state index in [0.717, 1.165) is 89.9 Å². The SMILES string of the molecule is CCCCCCC/C=C\C/C=C\C/C=C\CCCCCCCCC(=O)NC(COC1OC(CO)C(O)C(O)C1O)C(O)/C=C/CC/C=C/CC/C=C/CCCCCCCCCCC. The third kappa shape index (κ3) is 33.7. The Morgan fingerprint density at radius 1 is 0.540 bits per heavy atom. The number of carbonyl (C=O) groups is 1. The van der Waals surface area contributed by atoms with Gasteiger partial charge in [-0.25, -0.2) is 0 Å². The highest BCUT2D eigenvalue weighted by atomic mass is 16.7. The molecule has 0 aromatic heterocycles. The largest absolute Gasteiger partial charge is 0.394 e. The lowest BCUT2D eigenvalue weighted by Gasteiger charge is -2.40. The van der Waals surface area contributed by atoms with Gasteiger partial charge in [-0.05, 0) is 83.5 Å². The lowest BCUT2D eigenvalue weighted by molar-refractivity contribution is -0.302. The molecule has 6 N–H and O–H groups in total. The second-order valence-electron chi connectivity index (χ2n) is 17.6. The van der Waals surface area contributed by atoms with Crippen LogP contribution in [0, 0.1) is 0 Å². The summed E-state index contributed by atoms with van der Waals surface area (Å²) in [6.45, 7) is 3.73. The first-order valence-electron chi connectivity index (χ1n) is 25.7. The van der Waals surface area contributed by atoms with Gasteiger partial charge in [0.05, 0.1) is 25.4 Å². The van der Waals surface area contributed by atoms with E-state index in [9.17, 15) is 30.3 Å². The van der Waals surface area contributed by atoms with Crippen molar-refractivity contribution in [3.05, 3.63) is 72.9 Å². The Balaban J connectivity index is 2.36. The van der Waals surface area contributed by atoms with Gasteiger partial charge in [0, 0.05) is 6.42 Å². The van der Waals surface area contributed by atoms with Gasteiger partial charge >= 0.3 is 0 Å². The zero-order valence-corrected chi connectivity index (χ0v) is 40.1. The Labute approximate surface area is 385 Å². The molecule has 0 bridgehead atoms. The zero-order valence-electron chi connectivity index (χ0n) is 40.1. The minimum Gasteiger partial charge on any atom is -0.394 e. The summed E-state index contributed by atoms with van der Waals surface area (Å²) in [4.78, 5) is 13.0. The number of aliphatic hydroxyl groups excluding tert-OH is 5. The van der Waals surface area contributed by atoms with E-state index in [2.05, 4.69) is 79.9 Å². The average Bonchev–Trinajstić information content (AvgIpc) is 3.28. The molecule has 1 amide bonds. The number of unbranched alkanes of at least 4 members (excludes halogenated alkanes) is 22. The van der Waals surface area contributed by atoms with E-state index in [4.69, 9.17) is 9.47 Å². The van der Waals surface area contributed by atoms with Crippen LogP contribution in [-0.2, 0) is 14.3 Å². The smallest absolute Gasteiger partial charge is 0.220 e. The number of aliphatic hydroxyl groups is 5. The van der Waals surface area contributed by atoms with Gasteiger partial charge in [0.2, 0.25) is 5.91 Å². The third-order valence-corrected chi connectivity index (χ3v) is 11.7. The molecular formula is C54H95NO8. The molecule has 7 unspecified atom stereocenters. The standard InChI is InChI=1S/C54H95NO8/c1-3-5-7-9-11-13-15-17-19-21-23-24-26-28-30-32-34-36-38-40-42-44-50(58)55-47(46-62-54-53(61)52(60)51(59)49(45-56)63-54)48(57)43-41-39-37-35-33-31-29-27-25-22-20-18-16-14-12-10-8-6-4-2/h15,17,21,23,25-28,33,35,41,43,47-49,51-54,56-57,59-61H,3-14,16,18-20,22,24,29-32,34,36-40,42,44-46H2,1-2H3,(H,55,58)/b17-15-,23-21-,27-25+,28-26-,35-33+,43-41+. The van der Waals surface area contributed by atoms with Gasteiger partial charge in [-0.1, -0.05) is 189 Å². The Hall–Kier alpha value is -2.37. The molecule has 0 aromatic carbocycles. The first kappa shape index (κ1) is 58.6. The second-order valence-corrected chi connectivity index (χ2v) is 17.6. The van der Waals surface area contributed by atoms with Crippen molar-refractivity contribution in [2.45, 2.75) is 249 Å². The minimum atomic E-state index is -1.58. The number of rotatable bonds is 42. The summed E-state index contributed by atoms with van der Waals surface area (Å²) in [6, 6.07) is -0.839. The van der Waals surface area contributed by atoms with Crippen LogP contribution in [0.1, 0.15) is 206 Å². The minimum absolute atomic E-state index is 0.206. The van der Waals surface area contributed by atoms with Gasteiger partial charge in [0.15, 0.2) is 6.29 Å². The van der Waals surface area contributed by atoms with E-state index in [0.29, 0.717) is 6.42 Å². The predicted molar refractivity (Wildman–Crippen MR) is 262 cm³/mol. The van der Waals surface area contributed by atoms with Crippen molar-refractivity contribution in [1.29, 1.82) is 0 Å². The fourth-order valence-corrected chi connectivity index (χ4v) is 7.61. The van der Waals surface area contributed by atoms with Crippen molar-refractivity contribution in [2.24, 2.45) is 0 Å². The number of allylic oxidation sites excluding steroid dienone is 11. The Morgan fingerprint density at radius 3 is 1.44 bits per heavy atom. The highest BCUT2D eigenvalue weighted by Crippen LogP contribution is 2.22. The van der Waals surface area contributed by atoms with Gasteiger partial charge in [-0.2, -0.15) is 0 Å². The summed E-state index contributed by atoms with van der Waals surface area (Å²) in [7, 11) is 0. The summed E-state index contributed by atoms with van der Waals surface area (Å²) in [5.74, 6) is -0.206. The van der Waals surface area contributed by atoms with E-state index in [-0.39, 0.29) is 12.5 Å². The first-order valence-corrected chi connectivity index (χ1v) is 25.7. The van der Waals surface area contributed by atoms with Crippen molar-refractivity contribution in [3.8, 4) is 0 Å². The highest BCUT2D eigenvalue weighted by Gasteiger charge is 2.44. The van der Waals surface area contributed by atoms with Crippen molar-refractivity contribution in [1.82, 2.24) is 5.32 Å². The Kier molecular flexibility index (Phi) is 40.5. The molecule has 0 aromatic rings. The van der Waals surface area contributed by atoms with Crippen LogP contribution in [0.25, 0.3) is 0 Å². The molecule has 1 aliphatic rings. The summed E-state index contributed by atoms with van der Waals surface area (Å²) >= 11 is 0. The molecule has 1 rings (SSSR count). The maximum Gasteiger partial charge on any atom is 0.220 e. The molecule has 1 aliphatic heterocycles. The number of carbonyl (C=O) groups excluding carboxylic acids is 1. The average molecular weight is 886 g/mol. The molecule has 1 heterocycles. The Bertz CT molecular complexity index is 1210. The lowest BCUT2D eigenvalue weighted by atomic mass is 9.99. The quantitative estimate of drug-likeness (QED) is 0.0262. The maximum absolute atomic E-state index is 13.0. The molecule has 0 saturated carbocycles. The fraction of sp³-hybridized carbons (Fsp3) is 0.759. The topological polar surface area (TPSA) is 149 Å². The van der Waals surface area contributed by atoms with E-state index >= 15 is 0 Å². The van der Waals surface area contributed by atoms with Crippen molar-refractivity contribution >= 4 is 5.91 Å². The highest BCUT2D eigenvalue weighted by molar-refractivity contribution is 5.76. The monoisotopic (exact) mass is 886 g/mol. The van der Waals surface area contributed by atoms with Gasteiger partial charge in [-0.3, -0.25) is 4.79 Å². The summed E-state index contributed by atoms with van der Waals surface area (Å²) in [6.07, 6.45) is 52.3. The molecule has 63 heavy (non-hydrogen) atoms. The van der Waals surface area contributed by atoms with Gasteiger partial charge < -0.3 is 40.3 Å². The predicted octanol–water partition coefficient (Wildman–Crippen LogP) is 11.7. The van der Waals surface area contributed by atoms with Crippen LogP contribution in [0.4, 0.5) is 0 Å². The van der Waals surface area contributed by atoms with Crippen LogP contribution < -0.4 is 5.32 Å². The Morgan fingerprint density at radius 2 is 0.952 bits per heavy atom. The van der Waals surface area contributed by atoms with E-state index < -0.39 is 49.5 Å². The molecule has 1 saturated heterocycles. The van der Waals surface area contributed by atoms with Gasteiger partial charge in [0.25, 0.3) is 0 Å². The van der Waals surface area contributed by atoms with Crippen molar-refractivity contribution < 1.29 is 39.8 Å². The number of amides is 1. The molecule has 7 atom stereocenters. The van der Waals surface area contributed by atoms with E-state index in [1.54, 1.807) is 6.08 Å². The lowest BCUT2D eigenvalue weighted by Crippen LogP contribution is -2.60. The van der Waals surface area contributed by atoms with Crippen LogP contribution in [-0.4, -0.2) is 87.5 Å². The summed E-state index contributed by atoms with van der Waals surface area (Å²) in [5, 5.41) is 54.3. The summed E-state index contributed by atoms with van der Waals surface area (Å²) < 4.78 is 11.2. The van der Waals surface area contributed by atoms with Crippen LogP contribution in [0.5, 0.6) is 0 Å². The molecule has 0 aliphatic carbocycles. The summed E-state index contributed by atoms with van der Waals surface area (Å²) in [5.41, 5.74) is 0. The number of hydrogen-bond acceptors (Lipinski definition) is 8. The molecular weight excluding hydrogens is 791 g/mol. The fourth-order valence-electron chi connectivity index (χ4n) is 7.61. The molecule has 0 spiro atoms.